The van der Waals surface area contributed by atoms with Gasteiger partial charge in [-0.05, 0) is 36.0 Å². The number of hydrogen-bond acceptors (Lipinski definition) is 2. The lowest BCUT2D eigenvalue weighted by Gasteiger charge is -2.40. The summed E-state index contributed by atoms with van der Waals surface area (Å²) in [7, 11) is 0. The maximum atomic E-state index is 3.85. The minimum Gasteiger partial charge on any atom is -0.312 e. The number of piperidine rings is 1. The molecule has 1 aliphatic heterocycles. The van der Waals surface area contributed by atoms with Crippen molar-refractivity contribution < 1.29 is 0 Å². The van der Waals surface area contributed by atoms with Crippen LogP contribution in [0, 0.1) is 23.2 Å². The van der Waals surface area contributed by atoms with Crippen LogP contribution in [0.5, 0.6) is 0 Å². The predicted molar refractivity (Wildman–Crippen MR) is 88.0 cm³/mol. The van der Waals surface area contributed by atoms with Gasteiger partial charge >= 0.3 is 0 Å². The van der Waals surface area contributed by atoms with Crippen LogP contribution in [0.3, 0.4) is 0 Å². The van der Waals surface area contributed by atoms with Crippen LogP contribution in [0.4, 0.5) is 0 Å². The molecule has 1 N–H and O–H groups in total. The molecule has 2 atom stereocenters. The third kappa shape index (κ3) is 6.13. The number of likely N-dealkylation sites (tertiary alicyclic amines) is 1. The Morgan fingerprint density at radius 1 is 1.10 bits per heavy atom. The zero-order valence-corrected chi connectivity index (χ0v) is 14.4. The van der Waals surface area contributed by atoms with Gasteiger partial charge in [-0.2, -0.15) is 0 Å². The topological polar surface area (TPSA) is 15.3 Å². The standard InChI is InChI=1S/C18H36N2/c1-14(2)10-20-11-16(8-15-6-7-15)9-17(12-20)19-13-18(3,4)5/h14-17,19H,6-13H2,1-5H3. The molecule has 2 fully saturated rings. The van der Waals surface area contributed by atoms with Crippen LogP contribution in [0.25, 0.3) is 0 Å². The lowest BCUT2D eigenvalue weighted by Crippen LogP contribution is -2.51. The van der Waals surface area contributed by atoms with Gasteiger partial charge in [0.05, 0.1) is 0 Å². The normalized spacial score (nSPS) is 29.1. The maximum Gasteiger partial charge on any atom is 0.0198 e. The molecule has 1 heterocycles. The molecule has 2 aliphatic rings. The van der Waals surface area contributed by atoms with Crippen LogP contribution in [0.15, 0.2) is 0 Å². The Morgan fingerprint density at radius 2 is 1.80 bits per heavy atom. The molecule has 0 aromatic rings. The second-order valence-corrected chi connectivity index (χ2v) is 9.03. The Morgan fingerprint density at radius 3 is 2.35 bits per heavy atom. The summed E-state index contributed by atoms with van der Waals surface area (Å²) >= 11 is 0. The van der Waals surface area contributed by atoms with Crippen LogP contribution in [-0.4, -0.2) is 37.1 Å². The largest absolute Gasteiger partial charge is 0.312 e. The van der Waals surface area contributed by atoms with E-state index in [0.717, 1.165) is 24.3 Å². The van der Waals surface area contributed by atoms with E-state index in [0.29, 0.717) is 11.5 Å². The number of hydrogen-bond donors (Lipinski definition) is 1. The second kappa shape index (κ2) is 6.79. The summed E-state index contributed by atoms with van der Waals surface area (Å²) in [4.78, 5) is 2.72. The summed E-state index contributed by atoms with van der Waals surface area (Å²) in [5.74, 6) is 2.80. The highest BCUT2D eigenvalue weighted by Gasteiger charge is 2.32. The fourth-order valence-corrected chi connectivity index (χ4v) is 3.56. The van der Waals surface area contributed by atoms with Gasteiger partial charge < -0.3 is 10.2 Å². The average molecular weight is 280 g/mol. The molecule has 0 aromatic heterocycles. The highest BCUT2D eigenvalue weighted by molar-refractivity contribution is 4.88. The van der Waals surface area contributed by atoms with E-state index in [1.165, 1.54) is 45.3 Å². The lowest BCUT2D eigenvalue weighted by atomic mass is 9.88. The van der Waals surface area contributed by atoms with E-state index in [2.05, 4.69) is 44.8 Å². The molecule has 0 spiro atoms. The van der Waals surface area contributed by atoms with Gasteiger partial charge in [0.25, 0.3) is 0 Å². The van der Waals surface area contributed by atoms with Gasteiger partial charge in [0.1, 0.15) is 0 Å². The Labute approximate surface area is 126 Å². The average Bonchev–Trinajstić information content (AvgIpc) is 3.08. The summed E-state index contributed by atoms with van der Waals surface area (Å²) in [6, 6.07) is 0.713. The van der Waals surface area contributed by atoms with E-state index >= 15 is 0 Å². The zero-order valence-electron chi connectivity index (χ0n) is 14.4. The first kappa shape index (κ1) is 16.3. The van der Waals surface area contributed by atoms with Crippen molar-refractivity contribution in [2.75, 3.05) is 26.2 Å². The maximum absolute atomic E-state index is 3.85. The van der Waals surface area contributed by atoms with Gasteiger partial charge in [0.15, 0.2) is 0 Å². The van der Waals surface area contributed by atoms with Crippen molar-refractivity contribution in [3.8, 4) is 0 Å². The van der Waals surface area contributed by atoms with Crippen LogP contribution in [0.1, 0.15) is 60.3 Å². The fourth-order valence-electron chi connectivity index (χ4n) is 3.56. The molecular weight excluding hydrogens is 244 g/mol. The molecule has 1 saturated carbocycles. The molecule has 2 nitrogen and oxygen atoms in total. The van der Waals surface area contributed by atoms with Crippen LogP contribution < -0.4 is 5.32 Å². The molecule has 0 radical (unpaired) electrons. The molecule has 118 valence electrons. The minimum atomic E-state index is 0.395. The predicted octanol–water partition coefficient (Wildman–Crippen LogP) is 3.77. The van der Waals surface area contributed by atoms with E-state index in [1.54, 1.807) is 0 Å². The minimum absolute atomic E-state index is 0.395. The first-order valence-corrected chi connectivity index (χ1v) is 8.77. The molecule has 2 unspecified atom stereocenters. The molecule has 0 amide bonds. The van der Waals surface area contributed by atoms with Crippen LogP contribution in [0.2, 0.25) is 0 Å². The lowest BCUT2D eigenvalue weighted by molar-refractivity contribution is 0.116. The Bertz CT molecular complexity index is 276. The summed E-state index contributed by atoms with van der Waals surface area (Å²) in [5, 5.41) is 3.85. The highest BCUT2D eigenvalue weighted by atomic mass is 15.2. The van der Waals surface area contributed by atoms with Crippen molar-refractivity contribution in [3.05, 3.63) is 0 Å². The monoisotopic (exact) mass is 280 g/mol. The van der Waals surface area contributed by atoms with Crippen molar-refractivity contribution in [2.24, 2.45) is 23.2 Å². The van der Waals surface area contributed by atoms with Crippen molar-refractivity contribution >= 4 is 0 Å². The van der Waals surface area contributed by atoms with E-state index in [9.17, 15) is 0 Å². The Balaban J connectivity index is 1.85. The third-order valence-corrected chi connectivity index (χ3v) is 4.52. The van der Waals surface area contributed by atoms with Crippen molar-refractivity contribution in [2.45, 2.75) is 66.3 Å². The third-order valence-electron chi connectivity index (χ3n) is 4.52. The molecule has 20 heavy (non-hydrogen) atoms. The fraction of sp³-hybridized carbons (Fsp3) is 1.00. The number of nitrogens with zero attached hydrogens (tertiary/aromatic N) is 1. The van der Waals surface area contributed by atoms with Gasteiger partial charge in [-0.25, -0.2) is 0 Å². The van der Waals surface area contributed by atoms with Crippen molar-refractivity contribution in [1.82, 2.24) is 10.2 Å². The first-order valence-electron chi connectivity index (χ1n) is 8.77. The highest BCUT2D eigenvalue weighted by Crippen LogP contribution is 2.37. The first-order chi connectivity index (χ1) is 9.32. The summed E-state index contributed by atoms with van der Waals surface area (Å²) in [6.45, 7) is 16.7. The molecule has 0 bridgehead atoms. The molecule has 1 aliphatic carbocycles. The molecule has 1 saturated heterocycles. The molecule has 2 rings (SSSR count). The van der Waals surface area contributed by atoms with E-state index in [1.807, 2.05) is 0 Å². The van der Waals surface area contributed by atoms with E-state index in [-0.39, 0.29) is 0 Å². The second-order valence-electron chi connectivity index (χ2n) is 9.03. The molecule has 2 heteroatoms. The van der Waals surface area contributed by atoms with Gasteiger partial charge in [0.2, 0.25) is 0 Å². The van der Waals surface area contributed by atoms with E-state index < -0.39 is 0 Å². The summed E-state index contributed by atoms with van der Waals surface area (Å²) in [5.41, 5.74) is 0.395. The molecule has 0 aromatic carbocycles. The summed E-state index contributed by atoms with van der Waals surface area (Å²) in [6.07, 6.45) is 5.89. The van der Waals surface area contributed by atoms with Gasteiger partial charge in [0, 0.05) is 32.2 Å². The number of nitrogens with one attached hydrogen (secondary N) is 1. The zero-order chi connectivity index (χ0) is 14.8. The SMILES string of the molecule is CC(C)CN1CC(CC2CC2)CC(NCC(C)(C)C)C1. The Hall–Kier alpha value is -0.0800. The molecular formula is C18H36N2. The van der Waals surface area contributed by atoms with Crippen LogP contribution in [-0.2, 0) is 0 Å². The van der Waals surface area contributed by atoms with Gasteiger partial charge in [-0.3, -0.25) is 0 Å². The van der Waals surface area contributed by atoms with Crippen molar-refractivity contribution in [1.29, 1.82) is 0 Å². The summed E-state index contributed by atoms with van der Waals surface area (Å²) < 4.78 is 0. The smallest absolute Gasteiger partial charge is 0.0198 e. The Kier molecular flexibility index (Phi) is 5.53. The van der Waals surface area contributed by atoms with Gasteiger partial charge in [-0.1, -0.05) is 47.5 Å². The van der Waals surface area contributed by atoms with E-state index in [4.69, 9.17) is 0 Å². The quantitative estimate of drug-likeness (QED) is 0.797. The number of rotatable bonds is 6. The van der Waals surface area contributed by atoms with Gasteiger partial charge in [-0.15, -0.1) is 0 Å². The van der Waals surface area contributed by atoms with Crippen molar-refractivity contribution in [3.63, 3.8) is 0 Å². The van der Waals surface area contributed by atoms with Crippen LogP contribution >= 0.6 is 0 Å².